The number of aromatic nitrogens is 2. The van der Waals surface area contributed by atoms with Crippen LogP contribution in [0.15, 0.2) is 58.9 Å². The Morgan fingerprint density at radius 2 is 1.85 bits per heavy atom. The maximum absolute atomic E-state index is 12.1. The smallest absolute Gasteiger partial charge is 0.337 e. The summed E-state index contributed by atoms with van der Waals surface area (Å²) in [6.45, 7) is 0. The lowest BCUT2D eigenvalue weighted by Gasteiger charge is -2.05. The van der Waals surface area contributed by atoms with Crippen LogP contribution in [0, 0.1) is 0 Å². The summed E-state index contributed by atoms with van der Waals surface area (Å²) in [5.41, 5.74) is 2.00. The fourth-order valence-electron chi connectivity index (χ4n) is 2.10. The predicted molar refractivity (Wildman–Crippen MR) is 102 cm³/mol. The summed E-state index contributed by atoms with van der Waals surface area (Å²) in [6.07, 6.45) is 0. The summed E-state index contributed by atoms with van der Waals surface area (Å²) in [4.78, 5) is 27.9. The molecule has 1 N–H and O–H groups in total. The number of benzene rings is 2. The second-order valence-corrected chi connectivity index (χ2v) is 7.13. The van der Waals surface area contributed by atoms with Crippen molar-refractivity contribution in [1.29, 1.82) is 0 Å². The van der Waals surface area contributed by atoms with Gasteiger partial charge >= 0.3 is 5.97 Å². The molecule has 0 saturated heterocycles. The number of rotatable bonds is 6. The molecular weight excluding hydrogens is 370 g/mol. The van der Waals surface area contributed by atoms with Crippen molar-refractivity contribution in [3.05, 3.63) is 60.2 Å². The molecule has 1 amide bonds. The number of ether oxygens (including phenoxy) is 1. The van der Waals surface area contributed by atoms with Crippen LogP contribution in [0.5, 0.6) is 0 Å². The molecule has 0 aliphatic heterocycles. The molecule has 26 heavy (non-hydrogen) atoms. The molecule has 0 saturated carbocycles. The number of carbonyl (C=O) groups excluding carboxylic acids is 2. The summed E-state index contributed by atoms with van der Waals surface area (Å²) in [5, 5.41) is 2.78. The monoisotopic (exact) mass is 385 g/mol. The minimum atomic E-state index is -0.413. The number of nitrogens with one attached hydrogen (secondary N) is 1. The van der Waals surface area contributed by atoms with Crippen molar-refractivity contribution in [2.75, 3.05) is 18.2 Å². The normalized spacial score (nSPS) is 10.3. The van der Waals surface area contributed by atoms with Gasteiger partial charge in [0.15, 0.2) is 10.2 Å². The van der Waals surface area contributed by atoms with Gasteiger partial charge in [0, 0.05) is 11.3 Å². The van der Waals surface area contributed by atoms with Crippen LogP contribution in [0.4, 0.5) is 5.69 Å². The molecule has 3 rings (SSSR count). The highest BCUT2D eigenvalue weighted by Gasteiger charge is 2.10. The lowest BCUT2D eigenvalue weighted by atomic mass is 10.2. The molecule has 0 unspecified atom stereocenters. The first-order valence-corrected chi connectivity index (χ1v) is 9.42. The lowest BCUT2D eigenvalue weighted by Crippen LogP contribution is -2.14. The molecule has 0 aliphatic rings. The lowest BCUT2D eigenvalue weighted by molar-refractivity contribution is -0.113. The molecule has 0 aliphatic carbocycles. The van der Waals surface area contributed by atoms with Crippen LogP contribution in [0.2, 0.25) is 0 Å². The highest BCUT2D eigenvalue weighted by atomic mass is 32.2. The summed E-state index contributed by atoms with van der Waals surface area (Å²) in [7, 11) is 1.33. The first kappa shape index (κ1) is 18.1. The largest absolute Gasteiger partial charge is 0.465 e. The molecule has 0 bridgehead atoms. The zero-order chi connectivity index (χ0) is 18.4. The van der Waals surface area contributed by atoms with Crippen molar-refractivity contribution in [1.82, 2.24) is 9.36 Å². The van der Waals surface area contributed by atoms with E-state index in [9.17, 15) is 9.59 Å². The summed E-state index contributed by atoms with van der Waals surface area (Å²) in [5.74, 6) is 0.320. The maximum Gasteiger partial charge on any atom is 0.337 e. The molecule has 132 valence electrons. The Labute approximate surface area is 158 Å². The number of nitrogens with zero attached hydrogens (tertiary/aromatic N) is 2. The van der Waals surface area contributed by atoms with Crippen LogP contribution in [0.25, 0.3) is 11.4 Å². The average molecular weight is 385 g/mol. The van der Waals surface area contributed by atoms with Crippen molar-refractivity contribution >= 4 is 40.9 Å². The first-order valence-electron chi connectivity index (χ1n) is 7.66. The van der Waals surface area contributed by atoms with E-state index in [1.165, 1.54) is 30.4 Å². The van der Waals surface area contributed by atoms with Crippen LogP contribution in [0.1, 0.15) is 10.4 Å². The van der Waals surface area contributed by atoms with Gasteiger partial charge in [0.2, 0.25) is 5.91 Å². The molecular formula is C18H15N3O3S2. The number of carbonyl (C=O) groups is 2. The van der Waals surface area contributed by atoms with Crippen molar-refractivity contribution in [3.63, 3.8) is 0 Å². The van der Waals surface area contributed by atoms with Crippen molar-refractivity contribution < 1.29 is 14.3 Å². The molecule has 2 aromatic carbocycles. The van der Waals surface area contributed by atoms with Crippen molar-refractivity contribution in [2.24, 2.45) is 0 Å². The zero-order valence-electron chi connectivity index (χ0n) is 13.8. The van der Waals surface area contributed by atoms with E-state index in [2.05, 4.69) is 19.4 Å². The Bertz CT molecular complexity index is 896. The van der Waals surface area contributed by atoms with E-state index >= 15 is 0 Å². The van der Waals surface area contributed by atoms with Crippen LogP contribution >= 0.6 is 23.3 Å². The Kier molecular flexibility index (Phi) is 5.98. The molecule has 8 heteroatoms. The van der Waals surface area contributed by atoms with E-state index in [-0.39, 0.29) is 11.7 Å². The number of thioether (sulfide) groups is 1. The Balaban J connectivity index is 1.53. The number of hydrogen-bond acceptors (Lipinski definition) is 7. The molecule has 0 atom stereocenters. The fraction of sp³-hybridized carbons (Fsp3) is 0.111. The summed E-state index contributed by atoms with van der Waals surface area (Å²) < 4.78 is 9.69. The third kappa shape index (κ3) is 4.68. The Morgan fingerprint density at radius 1 is 1.12 bits per heavy atom. The second kappa shape index (κ2) is 8.59. The third-order valence-electron chi connectivity index (χ3n) is 3.36. The SMILES string of the molecule is COC(=O)c1ccc(NC(=O)CSc2nc(-c3ccccc3)ns2)cc1. The van der Waals surface area contributed by atoms with Gasteiger partial charge in [-0.05, 0) is 35.8 Å². The number of hydrogen-bond donors (Lipinski definition) is 1. The van der Waals surface area contributed by atoms with E-state index < -0.39 is 5.97 Å². The molecule has 0 spiro atoms. The quantitative estimate of drug-likeness (QED) is 0.514. The standard InChI is InChI=1S/C18H15N3O3S2/c1-24-17(23)13-7-9-14(10-8-13)19-15(22)11-25-18-20-16(21-26-18)12-5-3-2-4-6-12/h2-10H,11H2,1H3,(H,19,22). The topological polar surface area (TPSA) is 81.2 Å². The van der Waals surface area contributed by atoms with Gasteiger partial charge in [-0.25, -0.2) is 9.78 Å². The van der Waals surface area contributed by atoms with Crippen LogP contribution in [-0.2, 0) is 9.53 Å². The molecule has 0 fully saturated rings. The summed E-state index contributed by atoms with van der Waals surface area (Å²) >= 11 is 2.60. The van der Waals surface area contributed by atoms with Crippen molar-refractivity contribution in [3.8, 4) is 11.4 Å². The third-order valence-corrected chi connectivity index (χ3v) is 5.19. The Morgan fingerprint density at radius 3 is 2.54 bits per heavy atom. The van der Waals surface area contributed by atoms with E-state index in [4.69, 9.17) is 0 Å². The van der Waals surface area contributed by atoms with Crippen molar-refractivity contribution in [2.45, 2.75) is 4.34 Å². The first-order chi connectivity index (χ1) is 12.7. The molecule has 1 heterocycles. The number of amides is 1. The molecule has 1 aromatic heterocycles. The van der Waals surface area contributed by atoms with Crippen LogP contribution < -0.4 is 5.32 Å². The highest BCUT2D eigenvalue weighted by Crippen LogP contribution is 2.25. The van der Waals surface area contributed by atoms with Gasteiger partial charge in [0.1, 0.15) is 0 Å². The summed E-state index contributed by atoms with van der Waals surface area (Å²) in [6, 6.07) is 16.2. The van der Waals surface area contributed by atoms with Gasteiger partial charge in [-0.2, -0.15) is 4.37 Å². The Hall–Kier alpha value is -2.71. The van der Waals surface area contributed by atoms with E-state index in [0.717, 1.165) is 9.90 Å². The zero-order valence-corrected chi connectivity index (χ0v) is 15.5. The van der Waals surface area contributed by atoms with Gasteiger partial charge in [-0.1, -0.05) is 42.1 Å². The number of esters is 1. The van der Waals surface area contributed by atoms with Gasteiger partial charge in [0.25, 0.3) is 0 Å². The van der Waals surface area contributed by atoms with Gasteiger partial charge < -0.3 is 10.1 Å². The highest BCUT2D eigenvalue weighted by molar-refractivity contribution is 8.01. The minimum absolute atomic E-state index is 0.155. The van der Waals surface area contributed by atoms with Gasteiger partial charge in [-0.3, -0.25) is 4.79 Å². The molecule has 0 radical (unpaired) electrons. The minimum Gasteiger partial charge on any atom is -0.465 e. The van der Waals surface area contributed by atoms with E-state index in [1.54, 1.807) is 24.3 Å². The molecule has 6 nitrogen and oxygen atoms in total. The van der Waals surface area contributed by atoms with Crippen LogP contribution in [0.3, 0.4) is 0 Å². The van der Waals surface area contributed by atoms with Gasteiger partial charge in [0.05, 0.1) is 18.4 Å². The number of methoxy groups -OCH3 is 1. The second-order valence-electron chi connectivity index (χ2n) is 5.16. The number of anilines is 1. The maximum atomic E-state index is 12.1. The predicted octanol–water partition coefficient (Wildman–Crippen LogP) is 3.72. The van der Waals surface area contributed by atoms with Crippen LogP contribution in [-0.4, -0.2) is 34.1 Å². The fourth-order valence-corrected chi connectivity index (χ4v) is 3.52. The van der Waals surface area contributed by atoms with E-state index in [1.807, 2.05) is 30.3 Å². The van der Waals surface area contributed by atoms with Gasteiger partial charge in [-0.15, -0.1) is 0 Å². The van der Waals surface area contributed by atoms with E-state index in [0.29, 0.717) is 17.1 Å². The average Bonchev–Trinajstić information content (AvgIpc) is 3.16. The molecule has 3 aromatic rings.